The smallest absolute Gasteiger partial charge is 0.267 e. The summed E-state index contributed by atoms with van der Waals surface area (Å²) < 4.78 is 29.0. The number of hydrogen-bond acceptors (Lipinski definition) is 5. The molecule has 0 atom stereocenters. The first-order valence-corrected chi connectivity index (χ1v) is 10.2. The summed E-state index contributed by atoms with van der Waals surface area (Å²) >= 11 is 0. The van der Waals surface area contributed by atoms with Gasteiger partial charge in [-0.1, -0.05) is 36.4 Å². The molecule has 9 heteroatoms. The summed E-state index contributed by atoms with van der Waals surface area (Å²) in [6.07, 6.45) is 0. The van der Waals surface area contributed by atoms with Gasteiger partial charge in [0, 0.05) is 17.0 Å². The highest BCUT2D eigenvalue weighted by Gasteiger charge is 2.27. The van der Waals surface area contributed by atoms with Crippen molar-refractivity contribution in [2.45, 2.75) is 19.3 Å². The third-order valence-corrected chi connectivity index (χ3v) is 5.74. The van der Waals surface area contributed by atoms with E-state index in [0.29, 0.717) is 22.3 Å². The van der Waals surface area contributed by atoms with Gasteiger partial charge in [-0.05, 0) is 54.1 Å². The Morgan fingerprint density at radius 1 is 0.939 bits per heavy atom. The quantitative estimate of drug-likeness (QED) is 0.449. The fourth-order valence-corrected chi connectivity index (χ4v) is 3.83. The van der Waals surface area contributed by atoms with Crippen LogP contribution in [0.25, 0.3) is 27.7 Å². The number of halogens is 2. The highest BCUT2D eigenvalue weighted by Crippen LogP contribution is 2.33. The van der Waals surface area contributed by atoms with Gasteiger partial charge in [-0.15, -0.1) is 5.10 Å². The van der Waals surface area contributed by atoms with Crippen molar-refractivity contribution in [2.24, 2.45) is 0 Å². The van der Waals surface area contributed by atoms with Crippen LogP contribution in [0, 0.1) is 11.6 Å². The molecule has 2 aromatic heterocycles. The molecule has 0 fully saturated rings. The molecule has 164 valence electrons. The summed E-state index contributed by atoms with van der Waals surface area (Å²) in [5.74, 6) is -1.02. The molecule has 1 N–H and O–H groups in total. The number of hydrogen-bond donors (Lipinski definition) is 1. The molecule has 0 unspecified atom stereocenters. The Balaban J connectivity index is 1.76. The lowest BCUT2D eigenvalue weighted by Gasteiger charge is -2.22. The molecule has 0 radical (unpaired) electrons. The maximum atomic E-state index is 14.6. The summed E-state index contributed by atoms with van der Waals surface area (Å²) in [6, 6.07) is 17.6. The van der Waals surface area contributed by atoms with Crippen molar-refractivity contribution in [3.8, 4) is 16.9 Å². The molecule has 2 heterocycles. The SMILES string of the molecule is CC(C)(c1cccc(-c2nn(-c3ccc(F)cc3F)c(=O)c3ccccc23)c1)c1nnn[nH]1. The van der Waals surface area contributed by atoms with E-state index in [1.54, 1.807) is 18.2 Å². The van der Waals surface area contributed by atoms with E-state index in [9.17, 15) is 13.6 Å². The zero-order valence-electron chi connectivity index (χ0n) is 17.8. The minimum absolute atomic E-state index is 0.127. The molecule has 0 aliphatic rings. The monoisotopic (exact) mass is 444 g/mol. The molecule has 0 saturated heterocycles. The van der Waals surface area contributed by atoms with Gasteiger partial charge in [0.15, 0.2) is 11.6 Å². The second-order valence-corrected chi connectivity index (χ2v) is 8.16. The number of aromatic amines is 1. The van der Waals surface area contributed by atoms with Gasteiger partial charge in [-0.25, -0.2) is 13.9 Å². The molecule has 0 spiro atoms. The van der Waals surface area contributed by atoms with Crippen molar-refractivity contribution in [2.75, 3.05) is 0 Å². The first-order chi connectivity index (χ1) is 15.9. The lowest BCUT2D eigenvalue weighted by molar-refractivity contribution is 0.571. The van der Waals surface area contributed by atoms with E-state index in [1.165, 1.54) is 6.07 Å². The van der Waals surface area contributed by atoms with Crippen molar-refractivity contribution >= 4 is 10.8 Å². The van der Waals surface area contributed by atoms with Crippen LogP contribution in [-0.2, 0) is 5.41 Å². The number of aromatic nitrogens is 6. The number of tetrazole rings is 1. The number of rotatable bonds is 4. The van der Waals surface area contributed by atoms with Crippen LogP contribution in [0.5, 0.6) is 0 Å². The second kappa shape index (κ2) is 7.70. The average molecular weight is 444 g/mol. The van der Waals surface area contributed by atoms with Gasteiger partial charge < -0.3 is 0 Å². The van der Waals surface area contributed by atoms with Gasteiger partial charge in [0.25, 0.3) is 5.56 Å². The summed E-state index contributed by atoms with van der Waals surface area (Å²) in [4.78, 5) is 13.1. The number of nitrogens with one attached hydrogen (secondary N) is 1. The molecular weight excluding hydrogens is 426 g/mol. The van der Waals surface area contributed by atoms with Gasteiger partial charge >= 0.3 is 0 Å². The second-order valence-electron chi connectivity index (χ2n) is 8.16. The fourth-order valence-electron chi connectivity index (χ4n) is 3.83. The molecule has 0 saturated carbocycles. The van der Waals surface area contributed by atoms with Crippen molar-refractivity contribution in [3.63, 3.8) is 0 Å². The predicted octanol–water partition coefficient (Wildman–Crippen LogP) is 4.17. The fraction of sp³-hybridized carbons (Fsp3) is 0.125. The molecular formula is C24H18F2N6O. The van der Waals surface area contributed by atoms with Crippen LogP contribution < -0.4 is 5.56 Å². The largest absolute Gasteiger partial charge is 0.279 e. The van der Waals surface area contributed by atoms with Gasteiger partial charge in [-0.2, -0.15) is 9.78 Å². The third kappa shape index (κ3) is 3.47. The average Bonchev–Trinajstić information content (AvgIpc) is 3.36. The Bertz CT molecular complexity index is 1540. The highest BCUT2D eigenvalue weighted by atomic mass is 19.1. The maximum absolute atomic E-state index is 14.6. The number of benzene rings is 3. The van der Waals surface area contributed by atoms with E-state index in [-0.39, 0.29) is 5.69 Å². The Kier molecular flexibility index (Phi) is 4.81. The Labute approximate surface area is 186 Å². The Hall–Kier alpha value is -4.27. The minimum Gasteiger partial charge on any atom is -0.267 e. The molecule has 0 aliphatic carbocycles. The van der Waals surface area contributed by atoms with Crippen molar-refractivity contribution in [3.05, 3.63) is 100 Å². The van der Waals surface area contributed by atoms with Gasteiger partial charge in [-0.3, -0.25) is 4.79 Å². The van der Waals surface area contributed by atoms with Crippen LogP contribution in [0.4, 0.5) is 8.78 Å². The molecule has 0 aliphatic heterocycles. The number of fused-ring (bicyclic) bond motifs is 1. The summed E-state index contributed by atoms with van der Waals surface area (Å²) in [5, 5.41) is 19.7. The van der Waals surface area contributed by atoms with Crippen molar-refractivity contribution in [1.29, 1.82) is 0 Å². The van der Waals surface area contributed by atoms with Crippen LogP contribution in [0.1, 0.15) is 25.2 Å². The molecule has 0 bridgehead atoms. The first-order valence-electron chi connectivity index (χ1n) is 10.2. The van der Waals surface area contributed by atoms with E-state index in [2.05, 4.69) is 25.7 Å². The lowest BCUT2D eigenvalue weighted by atomic mass is 9.83. The van der Waals surface area contributed by atoms with Gasteiger partial charge in [0.1, 0.15) is 11.5 Å². The van der Waals surface area contributed by atoms with Crippen molar-refractivity contribution < 1.29 is 8.78 Å². The maximum Gasteiger partial charge on any atom is 0.279 e. The summed E-state index contributed by atoms with van der Waals surface area (Å²) in [7, 11) is 0. The zero-order chi connectivity index (χ0) is 23.2. The van der Waals surface area contributed by atoms with E-state index in [1.807, 2.05) is 44.2 Å². The molecule has 5 rings (SSSR count). The van der Waals surface area contributed by atoms with E-state index >= 15 is 0 Å². The number of H-pyrrole nitrogens is 1. The van der Waals surface area contributed by atoms with Crippen molar-refractivity contribution in [1.82, 2.24) is 30.4 Å². The lowest BCUT2D eigenvalue weighted by Crippen LogP contribution is -2.23. The molecule has 3 aromatic carbocycles. The van der Waals surface area contributed by atoms with Crippen LogP contribution in [0.15, 0.2) is 71.5 Å². The molecule has 5 aromatic rings. The topological polar surface area (TPSA) is 89.3 Å². The standard InChI is InChI=1S/C24H18F2N6O/c1-24(2,23-27-30-31-28-23)15-7-5-6-14(12-15)21-17-8-3-4-9-18(17)22(33)32(29-21)20-11-10-16(25)13-19(20)26/h3-13H,1-2H3,(H,27,28,30,31). The first kappa shape index (κ1) is 20.6. The minimum atomic E-state index is -0.876. The Morgan fingerprint density at radius 3 is 2.45 bits per heavy atom. The van der Waals surface area contributed by atoms with E-state index in [4.69, 9.17) is 0 Å². The van der Waals surface area contributed by atoms with E-state index in [0.717, 1.165) is 27.9 Å². The van der Waals surface area contributed by atoms with Crippen LogP contribution in [-0.4, -0.2) is 30.4 Å². The summed E-state index contributed by atoms with van der Waals surface area (Å²) in [6.45, 7) is 3.96. The molecule has 0 amide bonds. The van der Waals surface area contributed by atoms with Crippen LogP contribution in [0.3, 0.4) is 0 Å². The third-order valence-electron chi connectivity index (χ3n) is 5.74. The Morgan fingerprint density at radius 2 is 1.73 bits per heavy atom. The van der Waals surface area contributed by atoms with Crippen LogP contribution >= 0.6 is 0 Å². The number of nitrogens with zero attached hydrogens (tertiary/aromatic N) is 5. The van der Waals surface area contributed by atoms with Gasteiger partial charge in [0.05, 0.1) is 16.5 Å². The molecule has 7 nitrogen and oxygen atoms in total. The summed E-state index contributed by atoms with van der Waals surface area (Å²) in [5.41, 5.74) is 0.965. The normalized spacial score (nSPS) is 11.8. The van der Waals surface area contributed by atoms with Gasteiger partial charge in [0.2, 0.25) is 0 Å². The molecule has 33 heavy (non-hydrogen) atoms. The zero-order valence-corrected chi connectivity index (χ0v) is 17.8. The van der Waals surface area contributed by atoms with Crippen LogP contribution in [0.2, 0.25) is 0 Å². The predicted molar refractivity (Wildman–Crippen MR) is 119 cm³/mol. The highest BCUT2D eigenvalue weighted by molar-refractivity contribution is 5.94. The van der Waals surface area contributed by atoms with E-state index < -0.39 is 22.6 Å².